The fraction of sp³-hybridized carbons (Fsp3) is 0.118. The minimum atomic E-state index is -2.58. The molecule has 3 heteroatoms. The normalized spacial score (nSPS) is 16.2. The Bertz CT molecular complexity index is 2330. The molecule has 0 fully saturated rings. The second kappa shape index (κ2) is 8.76. The summed E-state index contributed by atoms with van der Waals surface area (Å²) in [5, 5.41) is 1.15. The largest absolute Gasteiger partial charge is 0.456 e. The molecule has 6 rings (SSSR count). The number of furan rings is 1. The van der Waals surface area contributed by atoms with Crippen LogP contribution >= 0.6 is 0 Å². The van der Waals surface area contributed by atoms with Crippen molar-refractivity contribution in [3.05, 3.63) is 119 Å². The van der Waals surface area contributed by atoms with Crippen LogP contribution in [0.1, 0.15) is 31.8 Å². The summed E-state index contributed by atoms with van der Waals surface area (Å²) in [7, 11) is 1.68. The molecule has 37 heavy (non-hydrogen) atoms. The van der Waals surface area contributed by atoms with Gasteiger partial charge >= 0.3 is 0 Å². The average molecular weight is 491 g/mol. The zero-order chi connectivity index (χ0) is 35.0. The monoisotopic (exact) mass is 490 g/mol. The number of benzene rings is 4. The number of fused-ring (bicyclic) bond motifs is 3. The molecular formula is C34H27N2O+. The van der Waals surface area contributed by atoms with E-state index in [2.05, 4.69) is 4.85 Å². The standard InChI is InChI=1S/C34H27N2O/c1-21-11-9-10-14-25(21)28-19-30(36(5)20-23(28)3)31-22(2)15-16-26-27-17-18-29(35-4)32(34(27)37-33(26)31)24-12-7-6-8-13-24/h6-20H,1-3,5H3/q+1/i1D3,3D3,6D,7D,8D,12D,13D. The summed E-state index contributed by atoms with van der Waals surface area (Å²) in [6.45, 7) is 4.60. The zero-order valence-corrected chi connectivity index (χ0v) is 20.1. The molecule has 0 aliphatic rings. The van der Waals surface area contributed by atoms with Crippen LogP contribution in [0.2, 0.25) is 0 Å². The van der Waals surface area contributed by atoms with Gasteiger partial charge in [0.15, 0.2) is 11.9 Å². The molecule has 0 bridgehead atoms. The molecule has 0 unspecified atom stereocenters. The van der Waals surface area contributed by atoms with Gasteiger partial charge < -0.3 is 4.42 Å². The Balaban J connectivity index is 1.74. The summed E-state index contributed by atoms with van der Waals surface area (Å²) >= 11 is 0. The summed E-state index contributed by atoms with van der Waals surface area (Å²) < 4.78 is 99.3. The smallest absolute Gasteiger partial charge is 0.216 e. The highest BCUT2D eigenvalue weighted by atomic mass is 16.3. The van der Waals surface area contributed by atoms with E-state index in [1.807, 2.05) is 19.1 Å². The van der Waals surface area contributed by atoms with Gasteiger partial charge in [0.05, 0.1) is 19.0 Å². The third-order valence-corrected chi connectivity index (χ3v) is 6.61. The molecule has 0 amide bonds. The molecule has 0 aliphatic heterocycles. The number of aromatic nitrogens is 1. The summed E-state index contributed by atoms with van der Waals surface area (Å²) in [6.07, 6.45) is 1.46. The first-order chi connectivity index (χ1) is 22.5. The second-order valence-corrected chi connectivity index (χ2v) is 8.83. The molecular weight excluding hydrogens is 452 g/mol. The number of hydrogen-bond acceptors (Lipinski definition) is 1. The van der Waals surface area contributed by atoms with Gasteiger partial charge in [-0.25, -0.2) is 9.41 Å². The minimum absolute atomic E-state index is 0.00362. The lowest BCUT2D eigenvalue weighted by Gasteiger charge is -2.12. The number of hydrogen-bond donors (Lipinski definition) is 0. The maximum absolute atomic E-state index is 8.62. The van der Waals surface area contributed by atoms with Gasteiger partial charge in [0.2, 0.25) is 5.69 Å². The molecule has 178 valence electrons. The van der Waals surface area contributed by atoms with Crippen LogP contribution in [0.4, 0.5) is 5.69 Å². The number of nitrogens with zero attached hydrogens (tertiary/aromatic N) is 2. The van der Waals surface area contributed by atoms with Gasteiger partial charge in [0.25, 0.3) is 0 Å². The van der Waals surface area contributed by atoms with Crippen molar-refractivity contribution >= 4 is 27.6 Å². The van der Waals surface area contributed by atoms with Crippen LogP contribution in [0.3, 0.4) is 0 Å². The Morgan fingerprint density at radius 3 is 2.32 bits per heavy atom. The van der Waals surface area contributed by atoms with Crippen molar-refractivity contribution in [2.24, 2.45) is 7.05 Å². The SMILES string of the molecule is [2H]c1c([2H])c([2H])c(-c2c([N+]#[C-])ccc3c2oc2c(-c4cc(-c5ccccc5C([2H])([2H])[2H])c(C([2H])([2H])[2H])c[n+]4C)c(C)ccc23)c([2H])c1[2H]. The molecule has 4 aromatic carbocycles. The van der Waals surface area contributed by atoms with Crippen molar-refractivity contribution in [3.8, 4) is 33.5 Å². The third kappa shape index (κ3) is 3.61. The lowest BCUT2D eigenvalue weighted by Crippen LogP contribution is -2.31. The van der Waals surface area contributed by atoms with E-state index in [1.54, 1.807) is 41.9 Å². The first-order valence-electron chi connectivity index (χ1n) is 17.0. The van der Waals surface area contributed by atoms with E-state index in [1.165, 1.54) is 18.3 Å². The lowest BCUT2D eigenvalue weighted by molar-refractivity contribution is -0.660. The minimum Gasteiger partial charge on any atom is -0.456 e. The Labute approximate surface area is 232 Å². The van der Waals surface area contributed by atoms with Gasteiger partial charge in [-0.15, -0.1) is 0 Å². The van der Waals surface area contributed by atoms with Gasteiger partial charge in [-0.05, 0) is 48.4 Å². The van der Waals surface area contributed by atoms with Gasteiger partial charge in [-0.3, -0.25) is 0 Å². The maximum atomic E-state index is 8.62. The predicted octanol–water partition coefficient (Wildman–Crippen LogP) is 8.89. The summed E-state index contributed by atoms with van der Waals surface area (Å²) in [5.41, 5.74) is 2.70. The van der Waals surface area contributed by atoms with E-state index >= 15 is 0 Å². The quantitative estimate of drug-likeness (QED) is 0.179. The highest BCUT2D eigenvalue weighted by Crippen LogP contribution is 2.44. The van der Waals surface area contributed by atoms with Crippen LogP contribution in [0.5, 0.6) is 0 Å². The van der Waals surface area contributed by atoms with E-state index in [4.69, 9.17) is 26.1 Å². The number of rotatable bonds is 3. The van der Waals surface area contributed by atoms with Crippen LogP contribution in [0.15, 0.2) is 95.4 Å². The van der Waals surface area contributed by atoms with Gasteiger partial charge in [-0.2, -0.15) is 0 Å². The Morgan fingerprint density at radius 2 is 1.57 bits per heavy atom. The van der Waals surface area contributed by atoms with Crippen molar-refractivity contribution in [2.45, 2.75) is 20.6 Å². The van der Waals surface area contributed by atoms with Crippen molar-refractivity contribution in [1.82, 2.24) is 0 Å². The van der Waals surface area contributed by atoms with E-state index in [0.29, 0.717) is 27.6 Å². The summed E-state index contributed by atoms with van der Waals surface area (Å²) in [5.74, 6) is 0. The first-order valence-corrected chi connectivity index (χ1v) is 11.5. The van der Waals surface area contributed by atoms with E-state index < -0.39 is 43.9 Å². The predicted molar refractivity (Wildman–Crippen MR) is 152 cm³/mol. The van der Waals surface area contributed by atoms with Crippen LogP contribution < -0.4 is 4.57 Å². The van der Waals surface area contributed by atoms with Gasteiger partial charge in [0.1, 0.15) is 18.2 Å². The average Bonchev–Trinajstić information content (AvgIpc) is 3.41. The Hall–Kier alpha value is -4.68. The first kappa shape index (κ1) is 13.6. The van der Waals surface area contributed by atoms with Gasteiger partial charge in [0, 0.05) is 36.2 Å². The molecule has 2 heterocycles. The van der Waals surface area contributed by atoms with Crippen LogP contribution in [0.25, 0.3) is 60.3 Å². The van der Waals surface area contributed by atoms with Crippen molar-refractivity contribution in [2.75, 3.05) is 0 Å². The third-order valence-electron chi connectivity index (χ3n) is 6.61. The lowest BCUT2D eigenvalue weighted by atomic mass is 9.94. The van der Waals surface area contributed by atoms with E-state index in [9.17, 15) is 0 Å². The molecule has 0 aliphatic carbocycles. The van der Waals surface area contributed by atoms with Gasteiger partial charge in [-0.1, -0.05) is 78.7 Å². The summed E-state index contributed by atoms with van der Waals surface area (Å²) in [4.78, 5) is 3.60. The second-order valence-electron chi connectivity index (χ2n) is 8.83. The number of pyridine rings is 1. The highest BCUT2D eigenvalue weighted by molar-refractivity contribution is 6.15. The molecule has 0 atom stereocenters. The highest BCUT2D eigenvalue weighted by Gasteiger charge is 2.24. The molecule has 0 N–H and O–H groups in total. The van der Waals surface area contributed by atoms with E-state index in [0.717, 1.165) is 5.56 Å². The van der Waals surface area contributed by atoms with Crippen molar-refractivity contribution in [3.63, 3.8) is 0 Å². The van der Waals surface area contributed by atoms with Crippen molar-refractivity contribution in [1.29, 1.82) is 0 Å². The molecule has 2 aromatic heterocycles. The maximum Gasteiger partial charge on any atom is 0.216 e. The summed E-state index contributed by atoms with van der Waals surface area (Å²) in [6, 6.07) is 12.2. The van der Waals surface area contributed by atoms with Crippen LogP contribution in [0, 0.1) is 27.2 Å². The topological polar surface area (TPSA) is 21.4 Å². The molecule has 0 saturated carbocycles. The molecule has 0 saturated heterocycles. The fourth-order valence-corrected chi connectivity index (χ4v) is 4.86. The number of aryl methyl sites for hydroxylation is 4. The zero-order valence-electron chi connectivity index (χ0n) is 31.1. The Kier molecular flexibility index (Phi) is 3.22. The molecule has 3 nitrogen and oxygen atoms in total. The Morgan fingerprint density at radius 1 is 0.838 bits per heavy atom. The van der Waals surface area contributed by atoms with Crippen LogP contribution in [-0.2, 0) is 7.05 Å². The fourth-order valence-electron chi connectivity index (χ4n) is 4.86. The molecule has 6 aromatic rings. The van der Waals surface area contributed by atoms with Crippen molar-refractivity contribution < 1.29 is 24.1 Å². The van der Waals surface area contributed by atoms with E-state index in [-0.39, 0.29) is 44.7 Å². The molecule has 0 radical (unpaired) electrons. The van der Waals surface area contributed by atoms with Crippen LogP contribution in [-0.4, -0.2) is 0 Å². The molecule has 0 spiro atoms.